The van der Waals surface area contributed by atoms with E-state index in [2.05, 4.69) is 32.6 Å². The molecule has 0 aromatic heterocycles. The quantitative estimate of drug-likeness (QED) is 0.797. The highest BCUT2D eigenvalue weighted by Crippen LogP contribution is 2.38. The minimum atomic E-state index is -0.404. The Kier molecular flexibility index (Phi) is 5.54. The first kappa shape index (κ1) is 20.0. The lowest BCUT2D eigenvalue weighted by Crippen LogP contribution is -2.58. The molecule has 1 amide bonds. The summed E-state index contributed by atoms with van der Waals surface area (Å²) in [4.78, 5) is 30.4. The fourth-order valence-corrected chi connectivity index (χ4v) is 6.23. The molecule has 162 valence electrons. The van der Waals surface area contributed by atoms with Gasteiger partial charge in [-0.15, -0.1) is 0 Å². The number of amides is 1. The van der Waals surface area contributed by atoms with Crippen molar-refractivity contribution >= 4 is 17.4 Å². The molecule has 0 bridgehead atoms. The molecule has 30 heavy (non-hydrogen) atoms. The Morgan fingerprint density at radius 2 is 1.73 bits per heavy atom. The minimum Gasteiger partial charge on any atom is -0.339 e. The third-order valence-electron chi connectivity index (χ3n) is 8.05. The Labute approximate surface area is 179 Å². The molecule has 3 saturated heterocycles. The van der Waals surface area contributed by atoms with Gasteiger partial charge in [0.1, 0.15) is 5.54 Å². The summed E-state index contributed by atoms with van der Waals surface area (Å²) < 4.78 is 0. The summed E-state index contributed by atoms with van der Waals surface area (Å²) in [5, 5.41) is 6.47. The van der Waals surface area contributed by atoms with E-state index in [9.17, 15) is 9.59 Å². The van der Waals surface area contributed by atoms with Crippen LogP contribution in [0.2, 0.25) is 0 Å². The van der Waals surface area contributed by atoms with Crippen molar-refractivity contribution in [3.63, 3.8) is 0 Å². The van der Waals surface area contributed by atoms with Crippen molar-refractivity contribution in [3.05, 3.63) is 30.3 Å². The van der Waals surface area contributed by atoms with Crippen molar-refractivity contribution in [1.82, 2.24) is 15.5 Å². The van der Waals surface area contributed by atoms with E-state index < -0.39 is 5.54 Å². The molecule has 6 nitrogen and oxygen atoms in total. The Hall–Kier alpha value is -1.92. The highest BCUT2D eigenvalue weighted by molar-refractivity contribution is 5.93. The smallest absolute Gasteiger partial charge is 0.247 e. The van der Waals surface area contributed by atoms with Crippen LogP contribution in [0.5, 0.6) is 0 Å². The molecule has 1 aliphatic carbocycles. The first-order chi connectivity index (χ1) is 14.7. The maximum absolute atomic E-state index is 12.8. The van der Waals surface area contributed by atoms with Gasteiger partial charge in [-0.2, -0.15) is 0 Å². The monoisotopic (exact) mass is 410 g/mol. The fourth-order valence-electron chi connectivity index (χ4n) is 6.23. The SMILES string of the molecule is O=C(C1CCC(N2CCC3(CC2)C(=O)NCN3c2ccccc2)CC1)[C@@H]1CCCN1. The normalized spacial score (nSPS) is 31.8. The Morgan fingerprint density at radius 1 is 1.00 bits per heavy atom. The van der Waals surface area contributed by atoms with E-state index in [1.807, 2.05) is 18.2 Å². The van der Waals surface area contributed by atoms with Crippen LogP contribution < -0.4 is 15.5 Å². The van der Waals surface area contributed by atoms with Crippen LogP contribution in [0.15, 0.2) is 30.3 Å². The van der Waals surface area contributed by atoms with Gasteiger partial charge in [0.05, 0.1) is 12.7 Å². The molecule has 0 radical (unpaired) electrons. The van der Waals surface area contributed by atoms with E-state index in [4.69, 9.17) is 0 Å². The third-order valence-corrected chi connectivity index (χ3v) is 8.05. The summed E-state index contributed by atoms with van der Waals surface area (Å²) >= 11 is 0. The van der Waals surface area contributed by atoms with Crippen LogP contribution in [0, 0.1) is 5.92 Å². The van der Waals surface area contributed by atoms with Gasteiger partial charge in [-0.3, -0.25) is 9.59 Å². The average molecular weight is 411 g/mol. The topological polar surface area (TPSA) is 64.7 Å². The predicted molar refractivity (Wildman–Crippen MR) is 117 cm³/mol. The van der Waals surface area contributed by atoms with E-state index in [-0.39, 0.29) is 17.9 Å². The number of rotatable bonds is 4. The first-order valence-electron chi connectivity index (χ1n) is 11.8. The Bertz CT molecular complexity index is 761. The van der Waals surface area contributed by atoms with Crippen LogP contribution in [0.25, 0.3) is 0 Å². The lowest BCUT2D eigenvalue weighted by atomic mass is 9.79. The van der Waals surface area contributed by atoms with E-state index in [0.29, 0.717) is 18.5 Å². The second-order valence-electron chi connectivity index (χ2n) is 9.55. The zero-order valence-electron chi connectivity index (χ0n) is 17.8. The van der Waals surface area contributed by atoms with Crippen LogP contribution in [0.4, 0.5) is 5.69 Å². The van der Waals surface area contributed by atoms with Crippen molar-refractivity contribution in [2.75, 3.05) is 31.2 Å². The molecule has 4 fully saturated rings. The predicted octanol–water partition coefficient (Wildman–Crippen LogP) is 2.29. The van der Waals surface area contributed by atoms with E-state index >= 15 is 0 Å². The maximum atomic E-state index is 12.8. The van der Waals surface area contributed by atoms with Gasteiger partial charge in [0.25, 0.3) is 0 Å². The molecule has 1 saturated carbocycles. The zero-order valence-corrected chi connectivity index (χ0v) is 17.8. The Morgan fingerprint density at radius 3 is 2.40 bits per heavy atom. The largest absolute Gasteiger partial charge is 0.339 e. The van der Waals surface area contributed by atoms with Gasteiger partial charge in [0.2, 0.25) is 5.91 Å². The maximum Gasteiger partial charge on any atom is 0.247 e. The van der Waals surface area contributed by atoms with Gasteiger partial charge in [-0.1, -0.05) is 18.2 Å². The second kappa shape index (κ2) is 8.31. The van der Waals surface area contributed by atoms with E-state index in [1.54, 1.807) is 0 Å². The zero-order chi connectivity index (χ0) is 20.6. The van der Waals surface area contributed by atoms with Gasteiger partial charge in [-0.05, 0) is 70.0 Å². The summed E-state index contributed by atoms with van der Waals surface area (Å²) in [5.74, 6) is 0.899. The van der Waals surface area contributed by atoms with Crippen molar-refractivity contribution in [3.8, 4) is 0 Å². The van der Waals surface area contributed by atoms with Crippen molar-refractivity contribution in [2.24, 2.45) is 5.92 Å². The number of hydrogen-bond donors (Lipinski definition) is 2. The molecule has 0 unspecified atom stereocenters. The molecule has 3 aliphatic heterocycles. The number of nitrogens with one attached hydrogen (secondary N) is 2. The molecular weight excluding hydrogens is 376 g/mol. The average Bonchev–Trinajstić information content (AvgIpc) is 3.44. The number of carbonyl (C=O) groups is 2. The van der Waals surface area contributed by atoms with Gasteiger partial charge in [-0.25, -0.2) is 0 Å². The highest BCUT2D eigenvalue weighted by Gasteiger charge is 2.51. The highest BCUT2D eigenvalue weighted by atomic mass is 16.2. The number of piperidine rings is 1. The molecule has 5 rings (SSSR count). The second-order valence-corrected chi connectivity index (χ2v) is 9.55. The Balaban J connectivity index is 1.18. The number of ketones is 1. The number of hydrogen-bond acceptors (Lipinski definition) is 5. The number of nitrogens with zero attached hydrogens (tertiary/aromatic N) is 2. The molecular formula is C24H34N4O2. The summed E-state index contributed by atoms with van der Waals surface area (Å²) in [6, 6.07) is 11.0. The lowest BCUT2D eigenvalue weighted by Gasteiger charge is -2.46. The van der Waals surface area contributed by atoms with Gasteiger partial charge in [0, 0.05) is 30.7 Å². The van der Waals surface area contributed by atoms with Crippen molar-refractivity contribution in [1.29, 1.82) is 0 Å². The van der Waals surface area contributed by atoms with Crippen LogP contribution >= 0.6 is 0 Å². The van der Waals surface area contributed by atoms with Gasteiger partial charge >= 0.3 is 0 Å². The lowest BCUT2D eigenvalue weighted by molar-refractivity contribution is -0.127. The number of anilines is 1. The number of Topliss-reactive ketones (excluding diaryl/α,β-unsaturated/α-hetero) is 1. The molecule has 2 N–H and O–H groups in total. The molecule has 1 spiro atoms. The summed E-state index contributed by atoms with van der Waals surface area (Å²) in [7, 11) is 0. The summed E-state index contributed by atoms with van der Waals surface area (Å²) in [6.07, 6.45) is 8.19. The van der Waals surface area contributed by atoms with Crippen molar-refractivity contribution in [2.45, 2.75) is 69.0 Å². The minimum absolute atomic E-state index is 0.117. The molecule has 4 aliphatic rings. The summed E-state index contributed by atoms with van der Waals surface area (Å²) in [6.45, 7) is 3.52. The van der Waals surface area contributed by atoms with E-state index in [0.717, 1.165) is 76.7 Å². The first-order valence-corrected chi connectivity index (χ1v) is 11.8. The van der Waals surface area contributed by atoms with Crippen LogP contribution in [-0.2, 0) is 9.59 Å². The fraction of sp³-hybridized carbons (Fsp3) is 0.667. The molecule has 1 atom stereocenters. The van der Waals surface area contributed by atoms with Crippen LogP contribution in [0.3, 0.4) is 0 Å². The molecule has 1 aromatic rings. The number of likely N-dealkylation sites (tertiary alicyclic amines) is 1. The van der Waals surface area contributed by atoms with Crippen LogP contribution in [-0.4, -0.2) is 60.5 Å². The molecule has 3 heterocycles. The van der Waals surface area contributed by atoms with Gasteiger partial charge in [0.15, 0.2) is 5.78 Å². The van der Waals surface area contributed by atoms with Crippen LogP contribution in [0.1, 0.15) is 51.4 Å². The van der Waals surface area contributed by atoms with Gasteiger partial charge < -0.3 is 20.4 Å². The number of benzene rings is 1. The number of carbonyl (C=O) groups excluding carboxylic acids is 2. The standard InChI is InChI=1S/C24H34N4O2/c29-22(21-7-4-14-25-21)18-8-10-19(11-9-18)27-15-12-24(13-16-27)23(30)26-17-28(24)20-5-2-1-3-6-20/h1-3,5-6,18-19,21,25H,4,7-17H2,(H,26,30)/t18?,19?,21-/m0/s1. The van der Waals surface area contributed by atoms with Crippen molar-refractivity contribution < 1.29 is 9.59 Å². The molecule has 6 heteroatoms. The molecule has 1 aromatic carbocycles. The van der Waals surface area contributed by atoms with E-state index in [1.165, 1.54) is 0 Å². The number of para-hydroxylation sites is 1. The third kappa shape index (κ3) is 3.54. The summed E-state index contributed by atoms with van der Waals surface area (Å²) in [5.41, 5.74) is 0.725.